The minimum Gasteiger partial charge on any atom is -0.453 e. The zero-order valence-corrected chi connectivity index (χ0v) is 20.0. The maximum absolute atomic E-state index is 12.9. The standard InChI is InChI=1S/C26H17Cl2N3O2S/c27-20-12-11-18(15-21(20)28)23-13-14-24(33-23)22(32)16-34-26-30-29-25(17-7-3-1-4-8-17)31(26)19-9-5-2-6-10-19/h1-15H,16H2. The van der Waals surface area contributed by atoms with Crippen molar-refractivity contribution >= 4 is 40.7 Å². The third kappa shape index (κ3) is 4.66. The summed E-state index contributed by atoms with van der Waals surface area (Å²) in [7, 11) is 0. The van der Waals surface area contributed by atoms with Crippen LogP contribution in [0.2, 0.25) is 10.0 Å². The van der Waals surface area contributed by atoms with Crippen LogP contribution in [-0.2, 0) is 0 Å². The van der Waals surface area contributed by atoms with E-state index in [4.69, 9.17) is 27.6 Å². The second-order valence-corrected chi connectivity index (χ2v) is 9.10. The maximum Gasteiger partial charge on any atom is 0.208 e. The Morgan fingerprint density at radius 2 is 1.56 bits per heavy atom. The molecule has 0 unspecified atom stereocenters. The summed E-state index contributed by atoms with van der Waals surface area (Å²) in [5.74, 6) is 1.52. The van der Waals surface area contributed by atoms with Crippen LogP contribution in [0.1, 0.15) is 10.6 Å². The van der Waals surface area contributed by atoms with E-state index in [1.165, 1.54) is 11.8 Å². The Balaban J connectivity index is 1.38. The third-order valence-corrected chi connectivity index (χ3v) is 6.77. The van der Waals surface area contributed by atoms with Gasteiger partial charge in [0.25, 0.3) is 0 Å². The predicted molar refractivity (Wildman–Crippen MR) is 136 cm³/mol. The molecule has 0 saturated carbocycles. The van der Waals surface area contributed by atoms with Crippen molar-refractivity contribution in [2.45, 2.75) is 5.16 Å². The van der Waals surface area contributed by atoms with Gasteiger partial charge in [-0.15, -0.1) is 10.2 Å². The second-order valence-electron chi connectivity index (χ2n) is 7.35. The fraction of sp³-hybridized carbons (Fsp3) is 0.0385. The van der Waals surface area contributed by atoms with Gasteiger partial charge in [0.05, 0.1) is 15.8 Å². The molecule has 3 aromatic carbocycles. The summed E-state index contributed by atoms with van der Waals surface area (Å²) in [6, 6.07) is 28.3. The van der Waals surface area contributed by atoms with Crippen LogP contribution in [0.15, 0.2) is 101 Å². The Bertz CT molecular complexity index is 1450. The van der Waals surface area contributed by atoms with E-state index in [1.807, 2.05) is 65.2 Å². The fourth-order valence-corrected chi connectivity index (χ4v) is 4.56. The van der Waals surface area contributed by atoms with Crippen LogP contribution in [0.25, 0.3) is 28.4 Å². The zero-order chi connectivity index (χ0) is 23.5. The van der Waals surface area contributed by atoms with Gasteiger partial charge in [0.1, 0.15) is 5.76 Å². The number of halogens is 2. The van der Waals surface area contributed by atoms with Gasteiger partial charge in [0, 0.05) is 16.8 Å². The number of rotatable bonds is 7. The first-order valence-electron chi connectivity index (χ1n) is 10.4. The molecule has 0 N–H and O–H groups in total. The predicted octanol–water partition coefficient (Wildman–Crippen LogP) is 7.48. The van der Waals surface area contributed by atoms with Crippen LogP contribution >= 0.6 is 35.0 Å². The van der Waals surface area contributed by atoms with Crippen molar-refractivity contribution in [2.75, 3.05) is 5.75 Å². The highest BCUT2D eigenvalue weighted by atomic mass is 35.5. The molecule has 5 aromatic rings. The van der Waals surface area contributed by atoms with E-state index in [0.717, 1.165) is 16.8 Å². The first-order chi connectivity index (χ1) is 16.6. The molecule has 168 valence electrons. The Morgan fingerprint density at radius 1 is 0.824 bits per heavy atom. The molecule has 2 aromatic heterocycles. The normalized spacial score (nSPS) is 11.0. The minimum absolute atomic E-state index is 0.147. The lowest BCUT2D eigenvalue weighted by Gasteiger charge is -2.10. The highest BCUT2D eigenvalue weighted by molar-refractivity contribution is 7.99. The topological polar surface area (TPSA) is 60.9 Å². The van der Waals surface area contributed by atoms with Crippen molar-refractivity contribution in [3.63, 3.8) is 0 Å². The fourth-order valence-electron chi connectivity index (χ4n) is 3.44. The lowest BCUT2D eigenvalue weighted by Crippen LogP contribution is -2.04. The van der Waals surface area contributed by atoms with Gasteiger partial charge >= 0.3 is 0 Å². The molecule has 0 bridgehead atoms. The van der Waals surface area contributed by atoms with Crippen LogP contribution in [-0.4, -0.2) is 26.3 Å². The first kappa shape index (κ1) is 22.5. The summed E-state index contributed by atoms with van der Waals surface area (Å²) >= 11 is 13.4. The summed E-state index contributed by atoms with van der Waals surface area (Å²) in [4.78, 5) is 12.9. The molecular weight excluding hydrogens is 489 g/mol. The average Bonchev–Trinajstić information content (AvgIpc) is 3.53. The molecule has 34 heavy (non-hydrogen) atoms. The number of nitrogens with zero attached hydrogens (tertiary/aromatic N) is 3. The number of aromatic nitrogens is 3. The van der Waals surface area contributed by atoms with Gasteiger partial charge in [-0.1, -0.05) is 83.5 Å². The number of hydrogen-bond donors (Lipinski definition) is 0. The summed E-state index contributed by atoms with van der Waals surface area (Å²) < 4.78 is 7.75. The highest BCUT2D eigenvalue weighted by Crippen LogP contribution is 2.31. The van der Waals surface area contributed by atoms with Crippen LogP contribution in [0.4, 0.5) is 0 Å². The monoisotopic (exact) mass is 505 g/mol. The van der Waals surface area contributed by atoms with Gasteiger partial charge in [-0.3, -0.25) is 9.36 Å². The van der Waals surface area contributed by atoms with Crippen molar-refractivity contribution in [1.82, 2.24) is 14.8 Å². The molecule has 0 spiro atoms. The molecule has 8 heteroatoms. The van der Waals surface area contributed by atoms with Crippen molar-refractivity contribution in [1.29, 1.82) is 0 Å². The molecule has 0 aliphatic carbocycles. The van der Waals surface area contributed by atoms with Gasteiger partial charge in [-0.25, -0.2) is 0 Å². The summed E-state index contributed by atoms with van der Waals surface area (Å²) in [5, 5.41) is 10.3. The van der Waals surface area contributed by atoms with E-state index >= 15 is 0 Å². The number of furan rings is 1. The molecule has 0 saturated heterocycles. The second kappa shape index (κ2) is 9.89. The number of para-hydroxylation sites is 1. The molecule has 2 heterocycles. The minimum atomic E-state index is -0.153. The van der Waals surface area contributed by atoms with Gasteiger partial charge in [-0.2, -0.15) is 0 Å². The SMILES string of the molecule is O=C(CSc1nnc(-c2ccccc2)n1-c1ccccc1)c1ccc(-c2ccc(Cl)c(Cl)c2)o1. The number of hydrogen-bond acceptors (Lipinski definition) is 5. The number of benzene rings is 3. The Hall–Kier alpha value is -3.32. The van der Waals surface area contributed by atoms with Crippen molar-refractivity contribution in [2.24, 2.45) is 0 Å². The maximum atomic E-state index is 12.9. The van der Waals surface area contributed by atoms with Crippen LogP contribution in [0.5, 0.6) is 0 Å². The molecule has 0 fully saturated rings. The lowest BCUT2D eigenvalue weighted by molar-refractivity contribution is 0.0993. The largest absolute Gasteiger partial charge is 0.453 e. The summed E-state index contributed by atoms with van der Waals surface area (Å²) in [5.41, 5.74) is 2.60. The average molecular weight is 506 g/mol. The van der Waals surface area contributed by atoms with Crippen LogP contribution in [0, 0.1) is 0 Å². The third-order valence-electron chi connectivity index (χ3n) is 5.10. The van der Waals surface area contributed by atoms with E-state index in [9.17, 15) is 4.79 Å². The first-order valence-corrected chi connectivity index (χ1v) is 12.1. The quantitative estimate of drug-likeness (QED) is 0.169. The van der Waals surface area contributed by atoms with Crippen LogP contribution in [0.3, 0.4) is 0 Å². The van der Waals surface area contributed by atoms with Gasteiger partial charge in [0.15, 0.2) is 16.7 Å². The van der Waals surface area contributed by atoms with E-state index in [-0.39, 0.29) is 17.3 Å². The van der Waals surface area contributed by atoms with Crippen LogP contribution < -0.4 is 0 Å². The smallest absolute Gasteiger partial charge is 0.208 e. The van der Waals surface area contributed by atoms with Crippen molar-refractivity contribution in [3.8, 4) is 28.4 Å². The number of carbonyl (C=O) groups is 1. The number of thioether (sulfide) groups is 1. The zero-order valence-electron chi connectivity index (χ0n) is 17.7. The molecule has 0 aliphatic rings. The molecule has 0 atom stereocenters. The molecule has 5 nitrogen and oxygen atoms in total. The molecule has 0 radical (unpaired) electrons. The molecule has 5 rings (SSSR count). The molecule has 0 amide bonds. The van der Waals surface area contributed by atoms with Crippen molar-refractivity contribution < 1.29 is 9.21 Å². The van der Waals surface area contributed by atoms with Gasteiger partial charge < -0.3 is 4.42 Å². The van der Waals surface area contributed by atoms with Gasteiger partial charge in [-0.05, 0) is 42.5 Å². The van der Waals surface area contributed by atoms with E-state index in [1.54, 1.807) is 30.3 Å². The Labute approximate surface area is 210 Å². The number of carbonyl (C=O) groups excluding carboxylic acids is 1. The number of Topliss-reactive ketones (excluding diaryl/α,β-unsaturated/α-hetero) is 1. The highest BCUT2D eigenvalue weighted by Gasteiger charge is 2.19. The molecule has 0 aliphatic heterocycles. The molecular formula is C26H17Cl2N3O2S. The van der Waals surface area contributed by atoms with E-state index in [2.05, 4.69) is 10.2 Å². The Morgan fingerprint density at radius 3 is 2.29 bits per heavy atom. The lowest BCUT2D eigenvalue weighted by atomic mass is 10.2. The summed E-state index contributed by atoms with van der Waals surface area (Å²) in [6.07, 6.45) is 0. The number of ketones is 1. The summed E-state index contributed by atoms with van der Waals surface area (Å²) in [6.45, 7) is 0. The Kier molecular flexibility index (Phi) is 6.54. The van der Waals surface area contributed by atoms with Crippen molar-refractivity contribution in [3.05, 3.63) is 107 Å². The van der Waals surface area contributed by atoms with Gasteiger partial charge in [0.2, 0.25) is 5.78 Å². The van der Waals surface area contributed by atoms with E-state index in [0.29, 0.717) is 26.8 Å². The van der Waals surface area contributed by atoms with E-state index < -0.39 is 0 Å².